The van der Waals surface area contributed by atoms with Crippen molar-refractivity contribution < 1.29 is 15.3 Å². The number of aromatic hydroxyl groups is 2. The van der Waals surface area contributed by atoms with E-state index < -0.39 is 6.10 Å². The molecule has 6 N–H and O–H groups in total. The molecule has 3 atom stereocenters. The van der Waals surface area contributed by atoms with E-state index >= 15 is 0 Å². The van der Waals surface area contributed by atoms with Gasteiger partial charge in [0.2, 0.25) is 0 Å². The van der Waals surface area contributed by atoms with Gasteiger partial charge in [0.05, 0.1) is 6.10 Å². The van der Waals surface area contributed by atoms with E-state index in [0.29, 0.717) is 5.56 Å². The van der Waals surface area contributed by atoms with Crippen LogP contribution in [-0.4, -0.2) is 33.9 Å². The molecule has 2 aromatic carbocycles. The van der Waals surface area contributed by atoms with Gasteiger partial charge in [0.1, 0.15) is 0 Å². The van der Waals surface area contributed by atoms with Crippen LogP contribution in [0.15, 0.2) is 48.5 Å². The van der Waals surface area contributed by atoms with E-state index in [1.807, 2.05) is 18.2 Å². The summed E-state index contributed by atoms with van der Waals surface area (Å²) in [5, 5.41) is 32.8. The topological polar surface area (TPSA) is 98.7 Å². The maximum atomic E-state index is 10.5. The Kier molecular flexibility index (Phi) is 6.61. The zero-order valence-corrected chi connectivity index (χ0v) is 13.9. The molecule has 0 aliphatic carbocycles. The highest BCUT2D eigenvalue weighted by Gasteiger charge is 2.22. The van der Waals surface area contributed by atoms with Crippen molar-refractivity contribution >= 4 is 0 Å². The molecule has 0 spiro atoms. The van der Waals surface area contributed by atoms with Gasteiger partial charge in [0, 0.05) is 18.6 Å². The lowest BCUT2D eigenvalue weighted by Crippen LogP contribution is -2.45. The van der Waals surface area contributed by atoms with Crippen molar-refractivity contribution in [2.45, 2.75) is 38.0 Å². The van der Waals surface area contributed by atoms with Crippen LogP contribution in [0.1, 0.15) is 30.6 Å². The minimum Gasteiger partial charge on any atom is -0.504 e. The number of aryl methyl sites for hydroxylation is 1. The zero-order valence-electron chi connectivity index (χ0n) is 13.9. The Morgan fingerprint density at radius 1 is 1.04 bits per heavy atom. The van der Waals surface area contributed by atoms with E-state index in [1.165, 1.54) is 17.7 Å². The summed E-state index contributed by atoms with van der Waals surface area (Å²) >= 11 is 0. The molecule has 5 nitrogen and oxygen atoms in total. The smallest absolute Gasteiger partial charge is 0.157 e. The second-order valence-electron chi connectivity index (χ2n) is 6.13. The molecule has 0 radical (unpaired) electrons. The number of rotatable bonds is 8. The molecule has 0 saturated heterocycles. The monoisotopic (exact) mass is 330 g/mol. The first-order valence-corrected chi connectivity index (χ1v) is 8.21. The summed E-state index contributed by atoms with van der Waals surface area (Å²) < 4.78 is 0. The number of aliphatic hydroxyl groups is 1. The van der Waals surface area contributed by atoms with Gasteiger partial charge in [-0.25, -0.2) is 0 Å². The molecule has 130 valence electrons. The standard InChI is InChI=1S/C19H26N2O3/c1-13(7-8-14-5-3-2-4-6-14)21-16(12-20)19(24)15-9-10-17(22)18(23)11-15/h2-6,9-11,13,16,19,21-24H,7-8,12,20H2,1H3. The zero-order chi connectivity index (χ0) is 17.5. The average molecular weight is 330 g/mol. The van der Waals surface area contributed by atoms with Crippen LogP contribution < -0.4 is 11.1 Å². The molecule has 0 amide bonds. The summed E-state index contributed by atoms with van der Waals surface area (Å²) in [5.41, 5.74) is 7.59. The lowest BCUT2D eigenvalue weighted by Gasteiger charge is -2.27. The molecular formula is C19H26N2O3. The van der Waals surface area contributed by atoms with Gasteiger partial charge in [-0.05, 0) is 43.0 Å². The summed E-state index contributed by atoms with van der Waals surface area (Å²) in [6.45, 7) is 2.32. The molecule has 0 aliphatic heterocycles. The van der Waals surface area contributed by atoms with E-state index in [1.54, 1.807) is 6.07 Å². The van der Waals surface area contributed by atoms with Crippen molar-refractivity contribution in [3.8, 4) is 11.5 Å². The van der Waals surface area contributed by atoms with E-state index in [0.717, 1.165) is 12.8 Å². The summed E-state index contributed by atoms with van der Waals surface area (Å²) in [4.78, 5) is 0. The van der Waals surface area contributed by atoms with Crippen LogP contribution in [0.5, 0.6) is 11.5 Å². The summed E-state index contributed by atoms with van der Waals surface area (Å²) in [6.07, 6.45) is 1.01. The number of hydrogen-bond donors (Lipinski definition) is 5. The van der Waals surface area contributed by atoms with Gasteiger partial charge in [-0.2, -0.15) is 0 Å². The third kappa shape index (κ3) is 4.96. The Morgan fingerprint density at radius 2 is 1.75 bits per heavy atom. The maximum absolute atomic E-state index is 10.5. The average Bonchev–Trinajstić information content (AvgIpc) is 2.60. The van der Waals surface area contributed by atoms with Crippen LogP contribution in [0.2, 0.25) is 0 Å². The first-order valence-electron chi connectivity index (χ1n) is 8.21. The van der Waals surface area contributed by atoms with Crippen molar-refractivity contribution in [1.29, 1.82) is 0 Å². The lowest BCUT2D eigenvalue weighted by molar-refractivity contribution is 0.124. The van der Waals surface area contributed by atoms with E-state index in [9.17, 15) is 15.3 Å². The molecule has 3 unspecified atom stereocenters. The van der Waals surface area contributed by atoms with Gasteiger partial charge in [-0.1, -0.05) is 36.4 Å². The Hall–Kier alpha value is -2.08. The Labute approximate surface area is 142 Å². The SMILES string of the molecule is CC(CCc1ccccc1)NC(CN)C(O)c1ccc(O)c(O)c1. The number of hydrogen-bond acceptors (Lipinski definition) is 5. The van der Waals surface area contributed by atoms with Gasteiger partial charge in [-0.15, -0.1) is 0 Å². The van der Waals surface area contributed by atoms with Crippen LogP contribution in [0.4, 0.5) is 0 Å². The molecule has 0 saturated carbocycles. The molecule has 5 heteroatoms. The minimum atomic E-state index is -0.860. The van der Waals surface area contributed by atoms with Crippen LogP contribution in [0, 0.1) is 0 Å². The fourth-order valence-corrected chi connectivity index (χ4v) is 2.72. The van der Waals surface area contributed by atoms with Crippen LogP contribution in [0.25, 0.3) is 0 Å². The highest BCUT2D eigenvalue weighted by molar-refractivity contribution is 5.41. The van der Waals surface area contributed by atoms with E-state index in [-0.39, 0.29) is 30.1 Å². The molecule has 2 aromatic rings. The highest BCUT2D eigenvalue weighted by atomic mass is 16.3. The highest BCUT2D eigenvalue weighted by Crippen LogP contribution is 2.29. The maximum Gasteiger partial charge on any atom is 0.157 e. The Bertz CT molecular complexity index is 634. The van der Waals surface area contributed by atoms with Crippen molar-refractivity contribution in [2.24, 2.45) is 5.73 Å². The van der Waals surface area contributed by atoms with Crippen molar-refractivity contribution in [3.05, 3.63) is 59.7 Å². The summed E-state index contributed by atoms with van der Waals surface area (Å²) in [6, 6.07) is 14.4. The molecule has 0 heterocycles. The second kappa shape index (κ2) is 8.68. The predicted octanol–water partition coefficient (Wildman–Crippen LogP) is 2.07. The van der Waals surface area contributed by atoms with Gasteiger partial charge < -0.3 is 26.4 Å². The largest absolute Gasteiger partial charge is 0.504 e. The Balaban J connectivity index is 1.93. The summed E-state index contributed by atoms with van der Waals surface area (Å²) in [5.74, 6) is -0.459. The molecular weight excluding hydrogens is 304 g/mol. The van der Waals surface area contributed by atoms with Crippen molar-refractivity contribution in [3.63, 3.8) is 0 Å². The first kappa shape index (κ1) is 18.3. The minimum absolute atomic E-state index is 0.180. The third-order valence-corrected chi connectivity index (χ3v) is 4.18. The molecule has 0 aromatic heterocycles. The molecule has 0 bridgehead atoms. The predicted molar refractivity (Wildman–Crippen MR) is 94.9 cm³/mol. The number of aliphatic hydroxyl groups excluding tert-OH is 1. The van der Waals surface area contributed by atoms with Gasteiger partial charge in [0.15, 0.2) is 11.5 Å². The first-order chi connectivity index (χ1) is 11.5. The van der Waals surface area contributed by atoms with Crippen molar-refractivity contribution in [2.75, 3.05) is 6.54 Å². The Morgan fingerprint density at radius 3 is 2.38 bits per heavy atom. The number of phenols is 2. The fraction of sp³-hybridized carbons (Fsp3) is 0.368. The number of phenolic OH excluding ortho intramolecular Hbond substituents is 2. The van der Waals surface area contributed by atoms with Crippen LogP contribution in [-0.2, 0) is 6.42 Å². The van der Waals surface area contributed by atoms with Gasteiger partial charge >= 0.3 is 0 Å². The number of nitrogens with one attached hydrogen (secondary N) is 1. The lowest BCUT2D eigenvalue weighted by atomic mass is 9.99. The third-order valence-electron chi connectivity index (χ3n) is 4.18. The normalized spacial score (nSPS) is 15.0. The molecule has 2 rings (SSSR count). The van der Waals surface area contributed by atoms with Gasteiger partial charge in [0.25, 0.3) is 0 Å². The number of nitrogens with two attached hydrogens (primary N) is 1. The summed E-state index contributed by atoms with van der Waals surface area (Å²) in [7, 11) is 0. The van der Waals surface area contributed by atoms with Gasteiger partial charge in [-0.3, -0.25) is 0 Å². The number of benzene rings is 2. The molecule has 0 fully saturated rings. The van der Waals surface area contributed by atoms with Crippen LogP contribution >= 0.6 is 0 Å². The second-order valence-corrected chi connectivity index (χ2v) is 6.13. The molecule has 24 heavy (non-hydrogen) atoms. The quantitative estimate of drug-likeness (QED) is 0.477. The fourth-order valence-electron chi connectivity index (χ4n) is 2.72. The van der Waals surface area contributed by atoms with Crippen molar-refractivity contribution in [1.82, 2.24) is 5.32 Å². The van der Waals surface area contributed by atoms with Crippen LogP contribution in [0.3, 0.4) is 0 Å². The molecule has 0 aliphatic rings. The van der Waals surface area contributed by atoms with E-state index in [4.69, 9.17) is 5.73 Å². The van der Waals surface area contributed by atoms with E-state index in [2.05, 4.69) is 24.4 Å².